The van der Waals surface area contributed by atoms with E-state index in [9.17, 15) is 18.0 Å². The molecule has 0 saturated carbocycles. The van der Waals surface area contributed by atoms with E-state index in [1.807, 2.05) is 42.2 Å². The molecule has 2 saturated heterocycles. The predicted octanol–water partition coefficient (Wildman–Crippen LogP) is 2.76. The molecule has 8 heteroatoms. The van der Waals surface area contributed by atoms with Crippen LogP contribution in [0.15, 0.2) is 47.4 Å². The first-order chi connectivity index (χ1) is 15.4. The van der Waals surface area contributed by atoms with Crippen LogP contribution in [0.5, 0.6) is 0 Å². The fourth-order valence-electron chi connectivity index (χ4n) is 4.70. The number of carbonyl (C=O) groups excluding carboxylic acids is 2. The number of hydrogen-bond acceptors (Lipinski definition) is 4. The van der Waals surface area contributed by atoms with Crippen molar-refractivity contribution in [2.75, 3.05) is 26.2 Å². The van der Waals surface area contributed by atoms with Gasteiger partial charge in [-0.2, -0.15) is 4.31 Å². The van der Waals surface area contributed by atoms with Gasteiger partial charge in [-0.1, -0.05) is 37.3 Å². The molecule has 2 aliphatic rings. The molecule has 0 radical (unpaired) electrons. The van der Waals surface area contributed by atoms with Crippen molar-refractivity contribution in [2.24, 2.45) is 5.92 Å². The second-order valence-electron chi connectivity index (χ2n) is 8.73. The van der Waals surface area contributed by atoms with E-state index in [1.165, 1.54) is 4.31 Å². The van der Waals surface area contributed by atoms with Gasteiger partial charge >= 0.3 is 0 Å². The Labute approximate surface area is 189 Å². The molecule has 2 fully saturated rings. The number of amides is 2. The predicted molar refractivity (Wildman–Crippen MR) is 123 cm³/mol. The zero-order valence-electron chi connectivity index (χ0n) is 18.5. The van der Waals surface area contributed by atoms with Crippen molar-refractivity contribution >= 4 is 32.6 Å². The van der Waals surface area contributed by atoms with Crippen molar-refractivity contribution < 1.29 is 18.0 Å². The van der Waals surface area contributed by atoms with E-state index in [-0.39, 0.29) is 23.8 Å². The maximum absolute atomic E-state index is 13.2. The second kappa shape index (κ2) is 9.58. The fraction of sp³-hybridized carbons (Fsp3) is 0.500. The lowest BCUT2D eigenvalue weighted by atomic mass is 9.95. The number of benzene rings is 2. The van der Waals surface area contributed by atoms with Crippen molar-refractivity contribution in [1.29, 1.82) is 0 Å². The average Bonchev–Trinajstić information content (AvgIpc) is 2.83. The lowest BCUT2D eigenvalue weighted by Gasteiger charge is -2.37. The molecule has 172 valence electrons. The third-order valence-electron chi connectivity index (χ3n) is 6.58. The molecular weight excluding hydrogens is 426 g/mol. The van der Waals surface area contributed by atoms with Crippen LogP contribution in [0.25, 0.3) is 10.8 Å². The molecule has 2 aromatic carbocycles. The van der Waals surface area contributed by atoms with Gasteiger partial charge in [-0.05, 0) is 48.6 Å². The normalized spacial score (nSPS) is 20.9. The maximum Gasteiger partial charge on any atom is 0.243 e. The van der Waals surface area contributed by atoms with E-state index < -0.39 is 10.0 Å². The Bertz CT molecular complexity index is 1090. The van der Waals surface area contributed by atoms with E-state index in [0.717, 1.165) is 23.6 Å². The Kier molecular flexibility index (Phi) is 6.81. The third-order valence-corrected chi connectivity index (χ3v) is 8.48. The number of rotatable bonds is 5. The molecule has 0 aliphatic carbocycles. The fourth-order valence-corrected chi connectivity index (χ4v) is 6.21. The van der Waals surface area contributed by atoms with E-state index in [0.29, 0.717) is 50.3 Å². The number of carbonyl (C=O) groups is 2. The molecule has 1 atom stereocenters. The van der Waals surface area contributed by atoms with Gasteiger partial charge in [-0.15, -0.1) is 0 Å². The molecule has 4 rings (SSSR count). The van der Waals surface area contributed by atoms with E-state index in [4.69, 9.17) is 0 Å². The third kappa shape index (κ3) is 4.81. The zero-order chi connectivity index (χ0) is 22.7. The molecule has 7 nitrogen and oxygen atoms in total. The Morgan fingerprint density at radius 1 is 1.00 bits per heavy atom. The second-order valence-corrected chi connectivity index (χ2v) is 10.7. The summed E-state index contributed by atoms with van der Waals surface area (Å²) in [5.74, 6) is -0.0709. The van der Waals surface area contributed by atoms with Crippen molar-refractivity contribution in [3.63, 3.8) is 0 Å². The van der Waals surface area contributed by atoms with Crippen LogP contribution in [0.2, 0.25) is 0 Å². The maximum atomic E-state index is 13.2. The highest BCUT2D eigenvalue weighted by Crippen LogP contribution is 2.28. The van der Waals surface area contributed by atoms with Crippen molar-refractivity contribution in [2.45, 2.75) is 50.0 Å². The molecule has 2 aromatic rings. The van der Waals surface area contributed by atoms with Gasteiger partial charge in [0.05, 0.1) is 4.90 Å². The highest BCUT2D eigenvalue weighted by Gasteiger charge is 2.35. The van der Waals surface area contributed by atoms with Crippen LogP contribution in [0.1, 0.15) is 39.0 Å². The molecule has 1 N–H and O–H groups in total. The summed E-state index contributed by atoms with van der Waals surface area (Å²) in [7, 11) is -3.59. The Hall–Kier alpha value is -2.45. The summed E-state index contributed by atoms with van der Waals surface area (Å²) in [5.41, 5.74) is 0. The van der Waals surface area contributed by atoms with Gasteiger partial charge in [0.25, 0.3) is 0 Å². The van der Waals surface area contributed by atoms with Crippen LogP contribution in [0, 0.1) is 5.92 Å². The summed E-state index contributed by atoms with van der Waals surface area (Å²) in [4.78, 5) is 26.9. The molecular formula is C24H31N3O4S. The van der Waals surface area contributed by atoms with Gasteiger partial charge in [0.1, 0.15) is 0 Å². The minimum absolute atomic E-state index is 0.00789. The van der Waals surface area contributed by atoms with Crippen LogP contribution in [0.4, 0.5) is 0 Å². The highest BCUT2D eigenvalue weighted by atomic mass is 32.2. The zero-order valence-corrected chi connectivity index (χ0v) is 19.3. The van der Waals surface area contributed by atoms with Crippen LogP contribution >= 0.6 is 0 Å². The molecule has 2 aliphatic heterocycles. The number of nitrogens with zero attached hydrogens (tertiary/aromatic N) is 2. The van der Waals surface area contributed by atoms with Gasteiger partial charge in [0.2, 0.25) is 21.8 Å². The topological polar surface area (TPSA) is 86.8 Å². The lowest BCUT2D eigenvalue weighted by Crippen LogP contribution is -2.52. The molecule has 2 amide bonds. The van der Waals surface area contributed by atoms with E-state index in [2.05, 4.69) is 5.32 Å². The number of fused-ring (bicyclic) bond motifs is 1. The molecule has 1 unspecified atom stereocenters. The molecule has 0 spiro atoms. The van der Waals surface area contributed by atoms with Gasteiger partial charge in [0.15, 0.2) is 0 Å². The van der Waals surface area contributed by atoms with Crippen LogP contribution in [0.3, 0.4) is 0 Å². The minimum Gasteiger partial charge on any atom is -0.352 e. The summed E-state index contributed by atoms with van der Waals surface area (Å²) in [6.45, 7) is 3.75. The van der Waals surface area contributed by atoms with E-state index in [1.54, 1.807) is 12.1 Å². The van der Waals surface area contributed by atoms with E-state index >= 15 is 0 Å². The Balaban J connectivity index is 1.37. The first kappa shape index (κ1) is 22.7. The van der Waals surface area contributed by atoms with Gasteiger partial charge in [-0.3, -0.25) is 9.59 Å². The Morgan fingerprint density at radius 3 is 2.44 bits per heavy atom. The number of hydrogen-bond donors (Lipinski definition) is 1. The largest absolute Gasteiger partial charge is 0.352 e. The van der Waals surface area contributed by atoms with Crippen LogP contribution < -0.4 is 5.32 Å². The average molecular weight is 458 g/mol. The lowest BCUT2D eigenvalue weighted by molar-refractivity contribution is -0.138. The summed E-state index contributed by atoms with van der Waals surface area (Å²) < 4.78 is 27.8. The summed E-state index contributed by atoms with van der Waals surface area (Å²) in [5, 5.41) is 4.90. The van der Waals surface area contributed by atoms with Crippen LogP contribution in [-0.4, -0.2) is 61.7 Å². The first-order valence-electron chi connectivity index (χ1n) is 11.5. The summed E-state index contributed by atoms with van der Waals surface area (Å²) in [6, 6.07) is 12.9. The van der Waals surface area contributed by atoms with Crippen LogP contribution in [-0.2, 0) is 19.6 Å². The van der Waals surface area contributed by atoms with Crippen molar-refractivity contribution in [3.05, 3.63) is 42.5 Å². The highest BCUT2D eigenvalue weighted by molar-refractivity contribution is 7.89. The summed E-state index contributed by atoms with van der Waals surface area (Å²) in [6.07, 6.45) is 3.24. The van der Waals surface area contributed by atoms with Gasteiger partial charge < -0.3 is 10.2 Å². The van der Waals surface area contributed by atoms with Gasteiger partial charge in [0, 0.05) is 44.6 Å². The first-order valence-corrected chi connectivity index (χ1v) is 12.9. The standard InChI is InChI=1S/C24H31N3O4S/c1-2-23(28)25-21-8-5-13-26(17-21)24(29)19-11-14-27(15-12-19)32(30,31)22-10-9-18-6-3-4-7-20(18)16-22/h3-4,6-7,9-10,16,19,21H,2,5,8,11-15,17H2,1H3,(H,25,28). The minimum atomic E-state index is -3.59. The number of piperidine rings is 2. The van der Waals surface area contributed by atoms with Crippen molar-refractivity contribution in [3.8, 4) is 0 Å². The SMILES string of the molecule is CCC(=O)NC1CCCN(C(=O)C2CCN(S(=O)(=O)c3ccc4ccccc4c3)CC2)C1. The monoisotopic (exact) mass is 457 g/mol. The van der Waals surface area contributed by atoms with Gasteiger partial charge in [-0.25, -0.2) is 8.42 Å². The molecule has 32 heavy (non-hydrogen) atoms. The number of sulfonamides is 1. The Morgan fingerprint density at radius 2 is 1.72 bits per heavy atom. The molecule has 0 bridgehead atoms. The number of nitrogens with one attached hydrogen (secondary N) is 1. The van der Waals surface area contributed by atoms with Crippen molar-refractivity contribution in [1.82, 2.24) is 14.5 Å². The quantitative estimate of drug-likeness (QED) is 0.748. The number of likely N-dealkylation sites (tertiary alicyclic amines) is 1. The molecule has 0 aromatic heterocycles. The smallest absolute Gasteiger partial charge is 0.243 e. The summed E-state index contributed by atoms with van der Waals surface area (Å²) >= 11 is 0. The molecule has 2 heterocycles.